The zero-order chi connectivity index (χ0) is 8.89. The summed E-state index contributed by atoms with van der Waals surface area (Å²) >= 11 is 0. The van der Waals surface area contributed by atoms with Gasteiger partial charge in [-0.3, -0.25) is 0 Å². The highest BCUT2D eigenvalue weighted by molar-refractivity contribution is 5.00. The molecule has 3 aliphatic rings. The van der Waals surface area contributed by atoms with Crippen molar-refractivity contribution in [1.29, 1.82) is 0 Å². The minimum atomic E-state index is -0.859. The third-order valence-corrected chi connectivity index (χ3v) is 3.58. The predicted molar refractivity (Wildman–Crippen MR) is 47.4 cm³/mol. The van der Waals surface area contributed by atoms with Crippen molar-refractivity contribution >= 4 is 0 Å². The monoisotopic (exact) mass is 185 g/mol. The summed E-state index contributed by atoms with van der Waals surface area (Å²) in [6, 6.07) is 0.437. The van der Waals surface area contributed by atoms with Crippen LogP contribution in [0.3, 0.4) is 0 Å². The first-order valence-corrected chi connectivity index (χ1v) is 5.33. The molecule has 2 aliphatic heterocycles. The van der Waals surface area contributed by atoms with E-state index in [0.717, 1.165) is 19.3 Å². The van der Waals surface area contributed by atoms with E-state index in [2.05, 4.69) is 5.32 Å². The SMILES string of the molecule is FC1(CN[C@H]2CC3CCC2O3)CC1. The summed E-state index contributed by atoms with van der Waals surface area (Å²) in [5.41, 5.74) is -0.859. The average molecular weight is 185 g/mol. The summed E-state index contributed by atoms with van der Waals surface area (Å²) in [5, 5.41) is 3.32. The number of hydrogen-bond acceptors (Lipinski definition) is 2. The Morgan fingerprint density at radius 1 is 1.38 bits per heavy atom. The quantitative estimate of drug-likeness (QED) is 0.717. The molecule has 0 aromatic heterocycles. The molecule has 0 radical (unpaired) electrons. The fourth-order valence-corrected chi connectivity index (χ4v) is 2.48. The third-order valence-electron chi connectivity index (χ3n) is 3.58. The molecule has 13 heavy (non-hydrogen) atoms. The summed E-state index contributed by atoms with van der Waals surface area (Å²) in [6.45, 7) is 0.546. The molecule has 0 aromatic rings. The van der Waals surface area contributed by atoms with E-state index in [9.17, 15) is 4.39 Å². The Balaban J connectivity index is 1.51. The van der Waals surface area contributed by atoms with E-state index < -0.39 is 5.67 Å². The van der Waals surface area contributed by atoms with E-state index in [0.29, 0.717) is 24.8 Å². The standard InChI is InChI=1S/C10H16FNO/c11-10(3-4-10)6-12-8-5-7-1-2-9(8)13-7/h7-9,12H,1-6H2/t7?,8-,9?/m0/s1. The summed E-state index contributed by atoms with van der Waals surface area (Å²) < 4.78 is 19.0. The van der Waals surface area contributed by atoms with Gasteiger partial charge in [-0.1, -0.05) is 0 Å². The van der Waals surface area contributed by atoms with Crippen LogP contribution in [0.4, 0.5) is 4.39 Å². The number of fused-ring (bicyclic) bond motifs is 2. The molecular weight excluding hydrogens is 169 g/mol. The van der Waals surface area contributed by atoms with E-state index in [4.69, 9.17) is 4.74 Å². The number of alkyl halides is 1. The van der Waals surface area contributed by atoms with Crippen molar-refractivity contribution in [2.24, 2.45) is 0 Å². The van der Waals surface area contributed by atoms with Gasteiger partial charge in [-0.15, -0.1) is 0 Å². The van der Waals surface area contributed by atoms with Crippen molar-refractivity contribution in [3.63, 3.8) is 0 Å². The highest BCUT2D eigenvalue weighted by Crippen LogP contribution is 2.40. The third kappa shape index (κ3) is 1.48. The Labute approximate surface area is 77.8 Å². The van der Waals surface area contributed by atoms with E-state index >= 15 is 0 Å². The fourth-order valence-electron chi connectivity index (χ4n) is 2.48. The second-order valence-electron chi connectivity index (χ2n) is 4.75. The van der Waals surface area contributed by atoms with Crippen LogP contribution in [0.5, 0.6) is 0 Å². The van der Waals surface area contributed by atoms with Gasteiger partial charge in [0.25, 0.3) is 0 Å². The summed E-state index contributed by atoms with van der Waals surface area (Å²) in [4.78, 5) is 0. The van der Waals surface area contributed by atoms with Crippen LogP contribution >= 0.6 is 0 Å². The molecule has 2 nitrogen and oxygen atoms in total. The van der Waals surface area contributed by atoms with E-state index in [1.54, 1.807) is 0 Å². The van der Waals surface area contributed by atoms with Crippen LogP contribution in [0, 0.1) is 0 Å². The maximum absolute atomic E-state index is 13.3. The van der Waals surface area contributed by atoms with Crippen molar-refractivity contribution in [2.75, 3.05) is 6.54 Å². The Hall–Kier alpha value is -0.150. The Morgan fingerprint density at radius 3 is 2.77 bits per heavy atom. The lowest BCUT2D eigenvalue weighted by molar-refractivity contribution is 0.0962. The Morgan fingerprint density at radius 2 is 2.23 bits per heavy atom. The van der Waals surface area contributed by atoms with Gasteiger partial charge in [0.15, 0.2) is 0 Å². The fraction of sp³-hybridized carbons (Fsp3) is 1.00. The number of hydrogen-bond donors (Lipinski definition) is 1. The molecule has 1 aliphatic carbocycles. The molecule has 3 atom stereocenters. The van der Waals surface area contributed by atoms with Crippen molar-refractivity contribution < 1.29 is 9.13 Å². The van der Waals surface area contributed by atoms with Gasteiger partial charge in [-0.05, 0) is 32.1 Å². The van der Waals surface area contributed by atoms with Gasteiger partial charge in [0.2, 0.25) is 0 Å². The lowest BCUT2D eigenvalue weighted by Gasteiger charge is -2.20. The van der Waals surface area contributed by atoms with Gasteiger partial charge in [0.05, 0.1) is 12.2 Å². The molecule has 74 valence electrons. The first-order chi connectivity index (χ1) is 6.25. The van der Waals surface area contributed by atoms with Gasteiger partial charge in [0.1, 0.15) is 5.67 Å². The molecule has 0 aromatic carbocycles. The van der Waals surface area contributed by atoms with Crippen LogP contribution < -0.4 is 5.32 Å². The topological polar surface area (TPSA) is 21.3 Å². The molecular formula is C10H16FNO. The van der Waals surface area contributed by atoms with E-state index in [-0.39, 0.29) is 0 Å². The highest BCUT2D eigenvalue weighted by Gasteiger charge is 2.46. The number of halogens is 1. The largest absolute Gasteiger partial charge is 0.373 e. The molecule has 0 amide bonds. The molecule has 2 unspecified atom stereocenters. The molecule has 2 heterocycles. The van der Waals surface area contributed by atoms with E-state index in [1.807, 2.05) is 0 Å². The minimum Gasteiger partial charge on any atom is -0.373 e. The predicted octanol–water partition coefficient (Wildman–Crippen LogP) is 1.40. The number of rotatable bonds is 3. The Kier molecular flexibility index (Phi) is 1.68. The van der Waals surface area contributed by atoms with Crippen LogP contribution in [0.1, 0.15) is 32.1 Å². The molecule has 1 N–H and O–H groups in total. The lowest BCUT2D eigenvalue weighted by Crippen LogP contribution is -2.41. The number of nitrogens with one attached hydrogen (secondary N) is 1. The zero-order valence-corrected chi connectivity index (χ0v) is 7.76. The number of ether oxygens (including phenoxy) is 1. The van der Waals surface area contributed by atoms with Gasteiger partial charge in [-0.25, -0.2) is 4.39 Å². The lowest BCUT2D eigenvalue weighted by atomic mass is 9.95. The second-order valence-corrected chi connectivity index (χ2v) is 4.75. The van der Waals surface area contributed by atoms with Gasteiger partial charge >= 0.3 is 0 Å². The summed E-state index contributed by atoms with van der Waals surface area (Å²) in [6.07, 6.45) is 5.83. The van der Waals surface area contributed by atoms with Crippen LogP contribution in [-0.4, -0.2) is 30.5 Å². The molecule has 2 saturated heterocycles. The highest BCUT2D eigenvalue weighted by atomic mass is 19.1. The molecule has 3 fully saturated rings. The van der Waals surface area contributed by atoms with E-state index in [1.165, 1.54) is 12.8 Å². The summed E-state index contributed by atoms with van der Waals surface area (Å²) in [7, 11) is 0. The maximum atomic E-state index is 13.3. The average Bonchev–Trinajstić information content (AvgIpc) is 2.63. The van der Waals surface area contributed by atoms with Gasteiger partial charge in [-0.2, -0.15) is 0 Å². The summed E-state index contributed by atoms with van der Waals surface area (Å²) in [5.74, 6) is 0. The molecule has 3 heteroatoms. The normalized spacial score (nSPS) is 45.5. The molecule has 3 rings (SSSR count). The smallest absolute Gasteiger partial charge is 0.123 e. The molecule has 0 spiro atoms. The Bertz CT molecular complexity index is 217. The minimum absolute atomic E-state index is 0.382. The van der Waals surface area contributed by atoms with Crippen LogP contribution in [-0.2, 0) is 4.74 Å². The van der Waals surface area contributed by atoms with Gasteiger partial charge in [0, 0.05) is 12.6 Å². The van der Waals surface area contributed by atoms with Gasteiger partial charge < -0.3 is 10.1 Å². The van der Waals surface area contributed by atoms with Crippen molar-refractivity contribution in [2.45, 2.75) is 56.0 Å². The molecule has 2 bridgehead atoms. The van der Waals surface area contributed by atoms with Crippen molar-refractivity contribution in [1.82, 2.24) is 5.32 Å². The first-order valence-electron chi connectivity index (χ1n) is 5.33. The zero-order valence-electron chi connectivity index (χ0n) is 7.76. The molecule has 1 saturated carbocycles. The second kappa shape index (κ2) is 2.67. The van der Waals surface area contributed by atoms with Crippen molar-refractivity contribution in [3.8, 4) is 0 Å². The van der Waals surface area contributed by atoms with Crippen LogP contribution in [0.2, 0.25) is 0 Å². The van der Waals surface area contributed by atoms with Crippen molar-refractivity contribution in [3.05, 3.63) is 0 Å². The van der Waals surface area contributed by atoms with Crippen LogP contribution in [0.25, 0.3) is 0 Å². The maximum Gasteiger partial charge on any atom is 0.123 e. The van der Waals surface area contributed by atoms with Crippen LogP contribution in [0.15, 0.2) is 0 Å². The first kappa shape index (κ1) is 8.18.